The van der Waals surface area contributed by atoms with Crippen LogP contribution in [0.1, 0.15) is 22.3 Å². The molecule has 0 atom stereocenters. The van der Waals surface area contributed by atoms with E-state index in [-0.39, 0.29) is 5.91 Å². The lowest BCUT2D eigenvalue weighted by Crippen LogP contribution is -2.48. The molecule has 0 N–H and O–H groups in total. The summed E-state index contributed by atoms with van der Waals surface area (Å²) < 4.78 is 0. The van der Waals surface area contributed by atoms with E-state index in [9.17, 15) is 4.79 Å². The Balaban J connectivity index is 1.34. The molecule has 1 saturated heterocycles. The molecule has 4 nitrogen and oxygen atoms in total. The minimum absolute atomic E-state index is 0.158. The molecule has 3 aromatic rings. The van der Waals surface area contributed by atoms with Crippen molar-refractivity contribution in [2.24, 2.45) is 0 Å². The largest absolute Gasteiger partial charge is 0.336 e. The fraction of sp³-hybridized carbons (Fsp3) is 0.333. The number of piperazine rings is 1. The van der Waals surface area contributed by atoms with Crippen LogP contribution in [0.15, 0.2) is 52.1 Å². The van der Waals surface area contributed by atoms with E-state index in [4.69, 9.17) is 4.98 Å². The molecule has 7 heteroatoms. The van der Waals surface area contributed by atoms with Crippen LogP contribution in [0.4, 0.5) is 0 Å². The number of hydrogen-bond acceptors (Lipinski definition) is 6. The minimum atomic E-state index is 0.158. The summed E-state index contributed by atoms with van der Waals surface area (Å²) in [5.41, 5.74) is 1.91. The zero-order valence-electron chi connectivity index (χ0n) is 15.8. The van der Waals surface area contributed by atoms with Gasteiger partial charge in [-0.15, -0.1) is 34.4 Å². The van der Waals surface area contributed by atoms with Crippen LogP contribution < -0.4 is 0 Å². The molecule has 1 aromatic carbocycles. The number of thiazole rings is 1. The van der Waals surface area contributed by atoms with Gasteiger partial charge in [-0.3, -0.25) is 9.69 Å². The summed E-state index contributed by atoms with van der Waals surface area (Å²) in [4.78, 5) is 24.5. The second-order valence-corrected chi connectivity index (χ2v) is 9.80. The van der Waals surface area contributed by atoms with Gasteiger partial charge in [-0.25, -0.2) is 4.98 Å². The molecule has 1 amide bonds. The fourth-order valence-corrected chi connectivity index (χ4v) is 5.71. The standard InChI is InChI=1S/C21H23N3OS3/c1-2-26-18-7-4-3-6-16(18)21(25)24-11-9-23(10-12-24)14-20-22-17(15-28-20)19-8-5-13-27-19/h3-8,13,15H,2,9-12,14H2,1H3. The van der Waals surface area contributed by atoms with Gasteiger partial charge >= 0.3 is 0 Å². The quantitative estimate of drug-likeness (QED) is 0.520. The molecular weight excluding hydrogens is 406 g/mol. The maximum absolute atomic E-state index is 13.0. The Morgan fingerprint density at radius 1 is 1.11 bits per heavy atom. The number of rotatable bonds is 6. The predicted molar refractivity (Wildman–Crippen MR) is 119 cm³/mol. The van der Waals surface area contributed by atoms with Gasteiger partial charge in [-0.05, 0) is 29.3 Å². The highest BCUT2D eigenvalue weighted by molar-refractivity contribution is 7.99. The highest BCUT2D eigenvalue weighted by atomic mass is 32.2. The number of nitrogens with zero attached hydrogens (tertiary/aromatic N) is 3. The van der Waals surface area contributed by atoms with Gasteiger partial charge in [0.2, 0.25) is 0 Å². The van der Waals surface area contributed by atoms with E-state index in [0.717, 1.165) is 59.6 Å². The van der Waals surface area contributed by atoms with E-state index in [1.807, 2.05) is 29.2 Å². The zero-order chi connectivity index (χ0) is 19.3. The lowest BCUT2D eigenvalue weighted by molar-refractivity contribution is 0.0625. The van der Waals surface area contributed by atoms with Crippen LogP contribution in [-0.2, 0) is 6.54 Å². The maximum Gasteiger partial charge on any atom is 0.255 e. The summed E-state index contributed by atoms with van der Waals surface area (Å²) >= 11 is 5.18. The smallest absolute Gasteiger partial charge is 0.255 e. The number of benzene rings is 1. The molecule has 0 radical (unpaired) electrons. The van der Waals surface area contributed by atoms with E-state index in [1.165, 1.54) is 4.88 Å². The molecule has 0 saturated carbocycles. The van der Waals surface area contributed by atoms with Crippen LogP contribution in [-0.4, -0.2) is 52.6 Å². The first kappa shape index (κ1) is 19.6. The highest BCUT2D eigenvalue weighted by Crippen LogP contribution is 2.27. The Morgan fingerprint density at radius 2 is 1.93 bits per heavy atom. The molecule has 1 fully saturated rings. The van der Waals surface area contributed by atoms with E-state index in [1.54, 1.807) is 34.4 Å². The normalized spacial score (nSPS) is 15.1. The number of amides is 1. The number of aromatic nitrogens is 1. The van der Waals surface area contributed by atoms with Crippen molar-refractivity contribution >= 4 is 40.3 Å². The molecule has 3 heterocycles. The minimum Gasteiger partial charge on any atom is -0.336 e. The van der Waals surface area contributed by atoms with Crippen LogP contribution in [0.25, 0.3) is 10.6 Å². The average molecular weight is 430 g/mol. The summed E-state index contributed by atoms with van der Waals surface area (Å²) in [5.74, 6) is 1.13. The van der Waals surface area contributed by atoms with Gasteiger partial charge < -0.3 is 4.90 Å². The summed E-state index contributed by atoms with van der Waals surface area (Å²) in [7, 11) is 0. The van der Waals surface area contributed by atoms with Crippen molar-refractivity contribution < 1.29 is 4.79 Å². The van der Waals surface area contributed by atoms with Gasteiger partial charge in [-0.1, -0.05) is 25.1 Å². The third-order valence-electron chi connectivity index (χ3n) is 4.76. The van der Waals surface area contributed by atoms with Gasteiger partial charge in [0.1, 0.15) is 5.01 Å². The Labute approximate surface area is 178 Å². The Bertz CT molecular complexity index is 915. The van der Waals surface area contributed by atoms with Crippen molar-refractivity contribution in [3.8, 4) is 10.6 Å². The second kappa shape index (κ2) is 9.22. The molecule has 0 bridgehead atoms. The molecule has 1 aliphatic rings. The first-order valence-electron chi connectivity index (χ1n) is 9.46. The lowest BCUT2D eigenvalue weighted by atomic mass is 10.2. The topological polar surface area (TPSA) is 36.4 Å². The number of carbonyl (C=O) groups excluding carboxylic acids is 1. The van der Waals surface area contributed by atoms with Crippen molar-refractivity contribution in [2.75, 3.05) is 31.9 Å². The second-order valence-electron chi connectivity index (χ2n) is 6.60. The molecule has 1 aliphatic heterocycles. The van der Waals surface area contributed by atoms with Crippen LogP contribution in [0, 0.1) is 0 Å². The monoisotopic (exact) mass is 429 g/mol. The van der Waals surface area contributed by atoms with E-state index in [0.29, 0.717) is 0 Å². The van der Waals surface area contributed by atoms with Gasteiger partial charge in [0, 0.05) is 36.5 Å². The van der Waals surface area contributed by atoms with Gasteiger partial charge in [0.05, 0.1) is 22.7 Å². The SMILES string of the molecule is CCSc1ccccc1C(=O)N1CCN(Cc2nc(-c3cccs3)cs2)CC1. The van der Waals surface area contributed by atoms with E-state index in [2.05, 4.69) is 34.7 Å². The molecule has 0 aliphatic carbocycles. The van der Waals surface area contributed by atoms with Crippen LogP contribution in [0.2, 0.25) is 0 Å². The van der Waals surface area contributed by atoms with Crippen molar-refractivity contribution in [1.29, 1.82) is 0 Å². The van der Waals surface area contributed by atoms with Gasteiger partial charge in [0.15, 0.2) is 0 Å². The fourth-order valence-electron chi connectivity index (χ4n) is 3.32. The van der Waals surface area contributed by atoms with Crippen LogP contribution >= 0.6 is 34.4 Å². The predicted octanol–water partition coefficient (Wildman–Crippen LogP) is 4.94. The third kappa shape index (κ3) is 4.49. The number of hydrogen-bond donors (Lipinski definition) is 0. The number of carbonyl (C=O) groups is 1. The lowest BCUT2D eigenvalue weighted by Gasteiger charge is -2.34. The Morgan fingerprint density at radius 3 is 2.68 bits per heavy atom. The van der Waals surface area contributed by atoms with Crippen molar-refractivity contribution in [3.05, 3.63) is 57.7 Å². The zero-order valence-corrected chi connectivity index (χ0v) is 18.3. The summed E-state index contributed by atoms with van der Waals surface area (Å²) in [6.45, 7) is 6.30. The average Bonchev–Trinajstić information content (AvgIpc) is 3.41. The van der Waals surface area contributed by atoms with Crippen molar-refractivity contribution in [2.45, 2.75) is 18.4 Å². The molecular formula is C21H23N3OS3. The molecule has 2 aromatic heterocycles. The van der Waals surface area contributed by atoms with Crippen LogP contribution in [0.5, 0.6) is 0 Å². The Hall–Kier alpha value is -1.67. The summed E-state index contributed by atoms with van der Waals surface area (Å²) in [6.07, 6.45) is 0. The number of thioether (sulfide) groups is 1. The molecule has 4 rings (SSSR count). The first-order chi connectivity index (χ1) is 13.7. The van der Waals surface area contributed by atoms with E-state index < -0.39 is 0 Å². The highest BCUT2D eigenvalue weighted by Gasteiger charge is 2.24. The van der Waals surface area contributed by atoms with Crippen LogP contribution in [0.3, 0.4) is 0 Å². The van der Waals surface area contributed by atoms with Gasteiger partial charge in [-0.2, -0.15) is 0 Å². The van der Waals surface area contributed by atoms with Gasteiger partial charge in [0.25, 0.3) is 5.91 Å². The molecule has 0 spiro atoms. The Kier molecular flexibility index (Phi) is 6.47. The summed E-state index contributed by atoms with van der Waals surface area (Å²) in [5, 5.41) is 5.37. The molecule has 0 unspecified atom stereocenters. The summed E-state index contributed by atoms with van der Waals surface area (Å²) in [6, 6.07) is 12.1. The van der Waals surface area contributed by atoms with Crippen molar-refractivity contribution in [1.82, 2.24) is 14.8 Å². The first-order valence-corrected chi connectivity index (χ1v) is 12.2. The number of thiophene rings is 1. The maximum atomic E-state index is 13.0. The molecule has 146 valence electrons. The molecule has 28 heavy (non-hydrogen) atoms. The van der Waals surface area contributed by atoms with Crippen molar-refractivity contribution in [3.63, 3.8) is 0 Å². The third-order valence-corrected chi connectivity index (χ3v) is 7.44. The van der Waals surface area contributed by atoms with E-state index >= 15 is 0 Å².